The molecule has 13 heavy (non-hydrogen) atoms. The maximum Gasteiger partial charge on any atom is 0.0647 e. The van der Waals surface area contributed by atoms with Crippen LogP contribution in [-0.2, 0) is 4.74 Å². The van der Waals surface area contributed by atoms with Gasteiger partial charge in [-0.3, -0.25) is 0 Å². The van der Waals surface area contributed by atoms with Crippen molar-refractivity contribution in [3.63, 3.8) is 0 Å². The highest BCUT2D eigenvalue weighted by atomic mass is 16.5. The van der Waals surface area contributed by atoms with Crippen LogP contribution < -0.4 is 0 Å². The van der Waals surface area contributed by atoms with Gasteiger partial charge in [-0.1, -0.05) is 51.7 Å². The molecule has 0 aliphatic heterocycles. The van der Waals surface area contributed by atoms with E-state index < -0.39 is 0 Å². The average molecular weight is 183 g/mol. The van der Waals surface area contributed by atoms with Gasteiger partial charge in [0.1, 0.15) is 0 Å². The fourth-order valence-corrected chi connectivity index (χ4v) is 1.06. The van der Waals surface area contributed by atoms with Crippen LogP contribution in [0.15, 0.2) is 12.2 Å². The van der Waals surface area contributed by atoms with Crippen molar-refractivity contribution in [1.82, 2.24) is 0 Å². The summed E-state index contributed by atoms with van der Waals surface area (Å²) in [6, 6.07) is 0. The quantitative estimate of drug-likeness (QED) is 0.391. The minimum Gasteiger partial charge on any atom is -0.377 e. The predicted molar refractivity (Wildman–Crippen MR) is 58.7 cm³/mol. The van der Waals surface area contributed by atoms with E-state index in [4.69, 9.17) is 4.74 Å². The molecular formula is C12H23O. The molecule has 0 aliphatic rings. The van der Waals surface area contributed by atoms with Crippen molar-refractivity contribution in [2.24, 2.45) is 0 Å². The van der Waals surface area contributed by atoms with Crippen molar-refractivity contribution in [3.8, 4) is 0 Å². The van der Waals surface area contributed by atoms with E-state index in [-0.39, 0.29) is 0 Å². The lowest BCUT2D eigenvalue weighted by Gasteiger charge is -1.99. The second-order valence-corrected chi connectivity index (χ2v) is 3.25. The van der Waals surface area contributed by atoms with E-state index in [2.05, 4.69) is 26.0 Å². The maximum atomic E-state index is 5.42. The van der Waals surface area contributed by atoms with Gasteiger partial charge in [0.25, 0.3) is 0 Å². The number of hydrogen-bond donors (Lipinski definition) is 0. The Balaban J connectivity index is 2.91. The Morgan fingerprint density at radius 1 is 1.15 bits per heavy atom. The first kappa shape index (κ1) is 12.7. The van der Waals surface area contributed by atoms with Gasteiger partial charge in [-0.2, -0.15) is 0 Å². The lowest BCUT2D eigenvalue weighted by molar-refractivity contribution is 0.157. The summed E-state index contributed by atoms with van der Waals surface area (Å²) in [6.07, 6.45) is 11.4. The van der Waals surface area contributed by atoms with Crippen LogP contribution in [0.1, 0.15) is 45.4 Å². The van der Waals surface area contributed by atoms with Gasteiger partial charge in [0, 0.05) is 6.61 Å². The molecule has 0 heterocycles. The molecule has 0 fully saturated rings. The molecule has 0 aliphatic carbocycles. The van der Waals surface area contributed by atoms with E-state index >= 15 is 0 Å². The van der Waals surface area contributed by atoms with E-state index in [1.165, 1.54) is 32.1 Å². The van der Waals surface area contributed by atoms with E-state index in [0.29, 0.717) is 0 Å². The van der Waals surface area contributed by atoms with E-state index in [9.17, 15) is 0 Å². The molecule has 0 rings (SSSR count). The van der Waals surface area contributed by atoms with Crippen LogP contribution in [0.5, 0.6) is 0 Å². The third-order valence-electron chi connectivity index (χ3n) is 1.87. The predicted octanol–water partition coefficient (Wildman–Crippen LogP) is 3.75. The Morgan fingerprint density at radius 2 is 2.00 bits per heavy atom. The summed E-state index contributed by atoms with van der Waals surface area (Å²) in [5.41, 5.74) is 0. The molecule has 0 saturated heterocycles. The number of unbranched alkanes of at least 4 members (excludes halogenated alkanes) is 4. The minimum atomic E-state index is 0.782. The average Bonchev–Trinajstić information content (AvgIpc) is 2.16. The summed E-state index contributed by atoms with van der Waals surface area (Å²) < 4.78 is 5.42. The van der Waals surface area contributed by atoms with Crippen molar-refractivity contribution in [2.45, 2.75) is 45.4 Å². The van der Waals surface area contributed by atoms with Gasteiger partial charge in [-0.15, -0.1) is 0 Å². The Kier molecular flexibility index (Phi) is 11.4. The second-order valence-electron chi connectivity index (χ2n) is 3.25. The standard InChI is InChI=1S/C12H23O/c1-3-5-7-9-11-13-12-10-8-6-4-2/h8,10H,1,3-7,9,11-12H2,2H3/b10-8+. The first-order valence-corrected chi connectivity index (χ1v) is 5.43. The largest absolute Gasteiger partial charge is 0.377 e. The summed E-state index contributed by atoms with van der Waals surface area (Å²) in [6.45, 7) is 7.67. The van der Waals surface area contributed by atoms with Gasteiger partial charge >= 0.3 is 0 Å². The molecule has 0 aromatic carbocycles. The summed E-state index contributed by atoms with van der Waals surface area (Å²) >= 11 is 0. The van der Waals surface area contributed by atoms with Crippen molar-refractivity contribution in [2.75, 3.05) is 13.2 Å². The number of allylic oxidation sites excluding steroid dienone is 1. The van der Waals surface area contributed by atoms with Crippen LogP contribution in [-0.4, -0.2) is 13.2 Å². The summed E-state index contributed by atoms with van der Waals surface area (Å²) in [5.74, 6) is 0. The molecule has 0 bridgehead atoms. The molecule has 0 unspecified atom stereocenters. The lowest BCUT2D eigenvalue weighted by Crippen LogP contribution is -1.94. The van der Waals surface area contributed by atoms with Crippen LogP contribution in [0.25, 0.3) is 0 Å². The molecule has 77 valence electrons. The molecule has 0 N–H and O–H groups in total. The van der Waals surface area contributed by atoms with Gasteiger partial charge in [0.2, 0.25) is 0 Å². The molecule has 0 spiro atoms. The molecule has 1 nitrogen and oxygen atoms in total. The van der Waals surface area contributed by atoms with Crippen molar-refractivity contribution in [1.29, 1.82) is 0 Å². The molecule has 0 saturated carbocycles. The Bertz CT molecular complexity index is 108. The third-order valence-corrected chi connectivity index (χ3v) is 1.87. The molecule has 1 radical (unpaired) electrons. The van der Waals surface area contributed by atoms with E-state index in [0.717, 1.165) is 19.6 Å². The fourth-order valence-electron chi connectivity index (χ4n) is 1.06. The first-order valence-electron chi connectivity index (χ1n) is 5.43. The van der Waals surface area contributed by atoms with E-state index in [1.54, 1.807) is 0 Å². The summed E-state index contributed by atoms with van der Waals surface area (Å²) in [7, 11) is 0. The molecule has 0 aromatic rings. The molecule has 0 atom stereocenters. The molecule has 0 aromatic heterocycles. The Hall–Kier alpha value is -0.300. The summed E-state index contributed by atoms with van der Waals surface area (Å²) in [5, 5.41) is 0. The molecule has 1 heteroatoms. The SMILES string of the molecule is [CH2]CCCCCOC/C=C/CCC. The van der Waals surface area contributed by atoms with Crippen LogP contribution in [0.4, 0.5) is 0 Å². The Morgan fingerprint density at radius 3 is 2.69 bits per heavy atom. The fraction of sp³-hybridized carbons (Fsp3) is 0.750. The zero-order valence-corrected chi connectivity index (χ0v) is 8.93. The zero-order valence-electron chi connectivity index (χ0n) is 8.93. The second kappa shape index (κ2) is 11.7. The van der Waals surface area contributed by atoms with Gasteiger partial charge in [-0.25, -0.2) is 0 Å². The maximum absolute atomic E-state index is 5.42. The van der Waals surface area contributed by atoms with Crippen molar-refractivity contribution >= 4 is 0 Å². The van der Waals surface area contributed by atoms with Gasteiger partial charge in [0.05, 0.1) is 6.61 Å². The zero-order chi connectivity index (χ0) is 9.78. The van der Waals surface area contributed by atoms with Crippen molar-refractivity contribution in [3.05, 3.63) is 19.1 Å². The molecule has 0 amide bonds. The smallest absolute Gasteiger partial charge is 0.0647 e. The highest BCUT2D eigenvalue weighted by Crippen LogP contribution is 1.98. The van der Waals surface area contributed by atoms with Gasteiger partial charge in [0.15, 0.2) is 0 Å². The van der Waals surface area contributed by atoms with Crippen LogP contribution >= 0.6 is 0 Å². The number of hydrogen-bond acceptors (Lipinski definition) is 1. The van der Waals surface area contributed by atoms with E-state index in [1.807, 2.05) is 0 Å². The van der Waals surface area contributed by atoms with Crippen LogP contribution in [0, 0.1) is 6.92 Å². The topological polar surface area (TPSA) is 9.23 Å². The molecular weight excluding hydrogens is 160 g/mol. The number of ether oxygens (including phenoxy) is 1. The monoisotopic (exact) mass is 183 g/mol. The van der Waals surface area contributed by atoms with Gasteiger partial charge in [-0.05, 0) is 12.8 Å². The van der Waals surface area contributed by atoms with Crippen LogP contribution in [0.3, 0.4) is 0 Å². The highest BCUT2D eigenvalue weighted by molar-refractivity contribution is 4.80. The van der Waals surface area contributed by atoms with Crippen LogP contribution in [0.2, 0.25) is 0 Å². The number of rotatable bonds is 9. The Labute approximate surface area is 83.2 Å². The summed E-state index contributed by atoms with van der Waals surface area (Å²) in [4.78, 5) is 0. The van der Waals surface area contributed by atoms with Crippen molar-refractivity contribution < 1.29 is 4.74 Å². The third kappa shape index (κ3) is 11.7. The highest BCUT2D eigenvalue weighted by Gasteiger charge is 1.86. The van der Waals surface area contributed by atoms with Gasteiger partial charge < -0.3 is 4.74 Å². The first-order chi connectivity index (χ1) is 6.41. The lowest BCUT2D eigenvalue weighted by atomic mass is 10.2. The minimum absolute atomic E-state index is 0.782. The normalized spacial score (nSPS) is 11.2.